The third-order valence-corrected chi connectivity index (χ3v) is 3.66. The normalized spacial score (nSPS) is 10.2. The first kappa shape index (κ1) is 17.5. The quantitative estimate of drug-likeness (QED) is 0.662. The van der Waals surface area contributed by atoms with Gasteiger partial charge in [-0.25, -0.2) is 4.39 Å². The van der Waals surface area contributed by atoms with E-state index in [0.29, 0.717) is 12.3 Å². The summed E-state index contributed by atoms with van der Waals surface area (Å²) in [7, 11) is 0. The number of amides is 1. The summed E-state index contributed by atoms with van der Waals surface area (Å²) in [5.41, 5.74) is 2.33. The van der Waals surface area contributed by atoms with Crippen molar-refractivity contribution in [3.8, 4) is 5.75 Å². The molecule has 0 aliphatic heterocycles. The minimum Gasteiger partial charge on any atom is -0.489 e. The lowest BCUT2D eigenvalue weighted by molar-refractivity contribution is -0.114. The van der Waals surface area contributed by atoms with Crippen LogP contribution in [0.4, 0.5) is 15.8 Å². The summed E-state index contributed by atoms with van der Waals surface area (Å²) in [6.07, 6.45) is 0. The highest BCUT2D eigenvalue weighted by Crippen LogP contribution is 2.17. The third-order valence-electron chi connectivity index (χ3n) is 3.66. The van der Waals surface area contributed by atoms with Crippen molar-refractivity contribution in [2.45, 2.75) is 6.61 Å². The second kappa shape index (κ2) is 8.67. The molecule has 26 heavy (non-hydrogen) atoms. The van der Waals surface area contributed by atoms with E-state index >= 15 is 0 Å². The van der Waals surface area contributed by atoms with E-state index < -0.39 is 0 Å². The number of halogens is 1. The van der Waals surface area contributed by atoms with Crippen LogP contribution in [0.2, 0.25) is 0 Å². The Balaban J connectivity index is 1.46. The maximum absolute atomic E-state index is 13.1. The molecule has 132 valence electrons. The zero-order valence-electron chi connectivity index (χ0n) is 14.1. The molecule has 3 aromatic carbocycles. The van der Waals surface area contributed by atoms with Gasteiger partial charge in [-0.3, -0.25) is 4.79 Å². The van der Waals surface area contributed by atoms with Gasteiger partial charge in [0.1, 0.15) is 18.2 Å². The summed E-state index contributed by atoms with van der Waals surface area (Å²) >= 11 is 0. The fourth-order valence-electron chi connectivity index (χ4n) is 2.36. The largest absolute Gasteiger partial charge is 0.489 e. The van der Waals surface area contributed by atoms with Gasteiger partial charge < -0.3 is 15.4 Å². The Labute approximate surface area is 151 Å². The zero-order valence-corrected chi connectivity index (χ0v) is 14.1. The van der Waals surface area contributed by atoms with Gasteiger partial charge >= 0.3 is 0 Å². The standard InChI is InChI=1S/C21H19FN2O2/c22-17-7-4-8-19(13-17)24-21(25)14-23-18-9-11-20(12-10-18)26-15-16-5-2-1-3-6-16/h1-13,23H,14-15H2,(H,24,25). The van der Waals surface area contributed by atoms with E-state index in [4.69, 9.17) is 4.74 Å². The average molecular weight is 350 g/mol. The molecule has 0 spiro atoms. The molecule has 4 nitrogen and oxygen atoms in total. The van der Waals surface area contributed by atoms with E-state index in [1.54, 1.807) is 12.1 Å². The molecule has 1 amide bonds. The predicted molar refractivity (Wildman–Crippen MR) is 101 cm³/mol. The molecule has 0 saturated heterocycles. The fourth-order valence-corrected chi connectivity index (χ4v) is 2.36. The van der Waals surface area contributed by atoms with Crippen molar-refractivity contribution in [2.75, 3.05) is 17.2 Å². The molecule has 0 saturated carbocycles. The van der Waals surface area contributed by atoms with Gasteiger partial charge in [-0.15, -0.1) is 0 Å². The summed E-state index contributed by atoms with van der Waals surface area (Å²) in [6.45, 7) is 0.588. The Kier molecular flexibility index (Phi) is 5.83. The number of benzene rings is 3. The summed E-state index contributed by atoms with van der Waals surface area (Å²) in [4.78, 5) is 11.9. The maximum atomic E-state index is 13.1. The highest BCUT2D eigenvalue weighted by atomic mass is 19.1. The van der Waals surface area contributed by atoms with Crippen molar-refractivity contribution < 1.29 is 13.9 Å². The molecule has 3 rings (SSSR count). The first-order valence-electron chi connectivity index (χ1n) is 8.25. The molecule has 2 N–H and O–H groups in total. The molecule has 0 atom stereocenters. The second-order valence-electron chi connectivity index (χ2n) is 5.71. The SMILES string of the molecule is O=C(CNc1ccc(OCc2ccccc2)cc1)Nc1cccc(F)c1. The fraction of sp³-hybridized carbons (Fsp3) is 0.0952. The number of carbonyl (C=O) groups is 1. The van der Waals surface area contributed by atoms with Crippen LogP contribution in [0.25, 0.3) is 0 Å². The minimum absolute atomic E-state index is 0.0841. The highest BCUT2D eigenvalue weighted by Gasteiger charge is 2.03. The van der Waals surface area contributed by atoms with Gasteiger partial charge in [0.15, 0.2) is 0 Å². The van der Waals surface area contributed by atoms with Gasteiger partial charge in [-0.05, 0) is 48.0 Å². The molecule has 0 unspecified atom stereocenters. The first-order chi connectivity index (χ1) is 12.7. The molecule has 0 aliphatic rings. The lowest BCUT2D eigenvalue weighted by Gasteiger charge is -2.10. The van der Waals surface area contributed by atoms with E-state index in [9.17, 15) is 9.18 Å². The Morgan fingerprint density at radius 2 is 1.65 bits per heavy atom. The molecular formula is C21H19FN2O2. The summed E-state index contributed by atoms with van der Waals surface area (Å²) in [6, 6.07) is 23.1. The number of hydrogen-bond acceptors (Lipinski definition) is 3. The highest BCUT2D eigenvalue weighted by molar-refractivity contribution is 5.93. The first-order valence-corrected chi connectivity index (χ1v) is 8.25. The molecular weight excluding hydrogens is 331 g/mol. The minimum atomic E-state index is -0.387. The van der Waals surface area contributed by atoms with E-state index in [-0.39, 0.29) is 18.3 Å². The van der Waals surface area contributed by atoms with Crippen LogP contribution >= 0.6 is 0 Å². The number of rotatable bonds is 7. The second-order valence-corrected chi connectivity index (χ2v) is 5.71. The average Bonchev–Trinajstić information content (AvgIpc) is 2.66. The van der Waals surface area contributed by atoms with E-state index in [1.807, 2.05) is 54.6 Å². The smallest absolute Gasteiger partial charge is 0.243 e. The van der Waals surface area contributed by atoms with Crippen molar-refractivity contribution in [1.82, 2.24) is 0 Å². The Bertz CT molecular complexity index is 851. The van der Waals surface area contributed by atoms with Crippen LogP contribution in [0.1, 0.15) is 5.56 Å². The van der Waals surface area contributed by atoms with Gasteiger partial charge in [-0.2, -0.15) is 0 Å². The number of ether oxygens (including phenoxy) is 1. The Morgan fingerprint density at radius 3 is 2.38 bits per heavy atom. The zero-order chi connectivity index (χ0) is 18.2. The molecule has 0 bridgehead atoms. The van der Waals surface area contributed by atoms with Crippen LogP contribution in [0.15, 0.2) is 78.9 Å². The molecule has 3 aromatic rings. The van der Waals surface area contributed by atoms with Crippen LogP contribution in [0, 0.1) is 5.82 Å². The summed E-state index contributed by atoms with van der Waals surface area (Å²) in [5, 5.41) is 5.66. The molecule has 0 radical (unpaired) electrons. The van der Waals surface area contributed by atoms with E-state index in [2.05, 4.69) is 10.6 Å². The molecule has 0 heterocycles. The molecule has 0 aromatic heterocycles. The number of nitrogens with one attached hydrogen (secondary N) is 2. The Hall–Kier alpha value is -3.34. The number of hydrogen-bond donors (Lipinski definition) is 2. The molecule has 5 heteroatoms. The van der Waals surface area contributed by atoms with Gasteiger partial charge in [0.25, 0.3) is 0 Å². The van der Waals surface area contributed by atoms with Gasteiger partial charge in [-0.1, -0.05) is 36.4 Å². The molecule has 0 fully saturated rings. The summed E-state index contributed by atoms with van der Waals surface area (Å²) < 4.78 is 18.8. The van der Waals surface area contributed by atoms with Crippen molar-refractivity contribution >= 4 is 17.3 Å². The van der Waals surface area contributed by atoms with Crippen LogP contribution < -0.4 is 15.4 Å². The van der Waals surface area contributed by atoms with Crippen molar-refractivity contribution in [1.29, 1.82) is 0 Å². The van der Waals surface area contributed by atoms with E-state index in [1.165, 1.54) is 12.1 Å². The van der Waals surface area contributed by atoms with Gasteiger partial charge in [0.2, 0.25) is 5.91 Å². The monoisotopic (exact) mass is 350 g/mol. The van der Waals surface area contributed by atoms with Crippen molar-refractivity contribution in [2.24, 2.45) is 0 Å². The maximum Gasteiger partial charge on any atom is 0.243 e. The number of carbonyl (C=O) groups excluding carboxylic acids is 1. The third kappa shape index (κ3) is 5.34. The van der Waals surface area contributed by atoms with Crippen LogP contribution in [-0.4, -0.2) is 12.5 Å². The van der Waals surface area contributed by atoms with Crippen molar-refractivity contribution in [3.05, 3.63) is 90.2 Å². The van der Waals surface area contributed by atoms with Crippen LogP contribution in [0.3, 0.4) is 0 Å². The summed E-state index contributed by atoms with van der Waals surface area (Å²) in [5.74, 6) is 0.116. The molecule has 0 aliphatic carbocycles. The lowest BCUT2D eigenvalue weighted by Crippen LogP contribution is -2.21. The predicted octanol–water partition coefficient (Wildman–Crippen LogP) is 4.46. The lowest BCUT2D eigenvalue weighted by atomic mass is 10.2. The Morgan fingerprint density at radius 1 is 0.885 bits per heavy atom. The van der Waals surface area contributed by atoms with Crippen LogP contribution in [-0.2, 0) is 11.4 Å². The number of anilines is 2. The van der Waals surface area contributed by atoms with Gasteiger partial charge in [0, 0.05) is 11.4 Å². The topological polar surface area (TPSA) is 50.4 Å². The van der Waals surface area contributed by atoms with Crippen molar-refractivity contribution in [3.63, 3.8) is 0 Å². The van der Waals surface area contributed by atoms with E-state index in [0.717, 1.165) is 17.0 Å². The van der Waals surface area contributed by atoms with Gasteiger partial charge in [0.05, 0.1) is 6.54 Å². The van der Waals surface area contributed by atoms with Crippen LogP contribution in [0.5, 0.6) is 5.75 Å².